The number of carbonyl (C=O) groups excluding carboxylic acids is 3. The maximum atomic E-state index is 12.9. The van der Waals surface area contributed by atoms with Crippen molar-refractivity contribution in [3.8, 4) is 0 Å². The zero-order valence-electron chi connectivity index (χ0n) is 19.8. The molecule has 0 aliphatic rings. The number of carbonyl (C=O) groups is 4. The standard InChI is InChI=1S/C20H39N7O5S/c1-11(2)10-15(18(30)26-14(19(31)32)6-5-8-24-20(22)23)27-17(29)13(7-9-33-4)25-16(28)12(3)21/h11-15H,5-10,21H2,1-4H3,(H,25,28)(H,26,30)(H,27,29)(H,31,32)(H4,22,23,24). The van der Waals surface area contributed by atoms with Gasteiger partial charge in [-0.2, -0.15) is 11.8 Å². The first-order chi connectivity index (χ1) is 15.4. The van der Waals surface area contributed by atoms with E-state index in [0.29, 0.717) is 18.6 Å². The Balaban J connectivity index is 5.33. The number of aliphatic imine (C=N–C) groups is 1. The highest BCUT2D eigenvalue weighted by Crippen LogP contribution is 2.09. The number of rotatable bonds is 16. The summed E-state index contributed by atoms with van der Waals surface area (Å²) in [5.74, 6) is -2.29. The van der Waals surface area contributed by atoms with Crippen LogP contribution < -0.4 is 33.2 Å². The average Bonchev–Trinajstić information content (AvgIpc) is 2.71. The summed E-state index contributed by atoms with van der Waals surface area (Å²) in [4.78, 5) is 53.2. The molecular formula is C20H39N7O5S. The first kappa shape index (κ1) is 30.5. The van der Waals surface area contributed by atoms with Gasteiger partial charge in [0.1, 0.15) is 18.1 Å². The minimum Gasteiger partial charge on any atom is -0.480 e. The predicted octanol–water partition coefficient (Wildman–Crippen LogP) is -1.27. The molecule has 0 fully saturated rings. The van der Waals surface area contributed by atoms with Gasteiger partial charge in [0.15, 0.2) is 5.96 Å². The van der Waals surface area contributed by atoms with Gasteiger partial charge in [-0.15, -0.1) is 0 Å². The number of carboxylic acids is 1. The van der Waals surface area contributed by atoms with E-state index >= 15 is 0 Å². The molecule has 4 atom stereocenters. The number of hydrogen-bond donors (Lipinski definition) is 7. The average molecular weight is 490 g/mol. The fourth-order valence-electron chi connectivity index (χ4n) is 2.82. The van der Waals surface area contributed by atoms with E-state index in [2.05, 4.69) is 20.9 Å². The summed E-state index contributed by atoms with van der Waals surface area (Å²) in [5.41, 5.74) is 16.1. The quantitative estimate of drug-likeness (QED) is 0.0779. The van der Waals surface area contributed by atoms with Crippen molar-refractivity contribution in [2.45, 2.75) is 70.6 Å². The van der Waals surface area contributed by atoms with Crippen molar-refractivity contribution in [2.24, 2.45) is 28.1 Å². The second-order valence-corrected chi connectivity index (χ2v) is 9.16. The summed E-state index contributed by atoms with van der Waals surface area (Å²) in [6, 6.07) is -3.79. The van der Waals surface area contributed by atoms with Crippen LogP contribution in [-0.2, 0) is 19.2 Å². The Bertz CT molecular complexity index is 684. The van der Waals surface area contributed by atoms with Gasteiger partial charge in [0.05, 0.1) is 6.04 Å². The molecule has 0 aliphatic carbocycles. The Kier molecular flexibility index (Phi) is 14.9. The number of hydrogen-bond acceptors (Lipinski definition) is 7. The topological polar surface area (TPSA) is 215 Å². The van der Waals surface area contributed by atoms with Crippen LogP contribution >= 0.6 is 11.8 Å². The van der Waals surface area contributed by atoms with Gasteiger partial charge in [-0.1, -0.05) is 13.8 Å². The summed E-state index contributed by atoms with van der Waals surface area (Å²) in [6.07, 6.45) is 2.96. The summed E-state index contributed by atoms with van der Waals surface area (Å²) in [6.45, 7) is 5.48. The van der Waals surface area contributed by atoms with Crippen molar-refractivity contribution in [1.29, 1.82) is 0 Å². The van der Waals surface area contributed by atoms with Gasteiger partial charge in [0.25, 0.3) is 0 Å². The van der Waals surface area contributed by atoms with Gasteiger partial charge in [-0.3, -0.25) is 19.4 Å². The Hall–Kier alpha value is -2.54. The molecule has 0 aromatic carbocycles. The van der Waals surface area contributed by atoms with Crippen molar-refractivity contribution in [2.75, 3.05) is 18.6 Å². The van der Waals surface area contributed by atoms with Crippen molar-refractivity contribution in [3.63, 3.8) is 0 Å². The van der Waals surface area contributed by atoms with E-state index in [4.69, 9.17) is 17.2 Å². The summed E-state index contributed by atoms with van der Waals surface area (Å²) >= 11 is 1.51. The number of aliphatic carboxylic acids is 1. The number of guanidine groups is 1. The van der Waals surface area contributed by atoms with Gasteiger partial charge in [-0.25, -0.2) is 4.79 Å². The molecular weight excluding hydrogens is 450 g/mol. The molecule has 3 amide bonds. The van der Waals surface area contributed by atoms with E-state index in [1.165, 1.54) is 18.7 Å². The molecule has 0 rings (SSSR count). The molecule has 0 saturated heterocycles. The first-order valence-electron chi connectivity index (χ1n) is 10.8. The zero-order valence-corrected chi connectivity index (χ0v) is 20.6. The number of thioether (sulfide) groups is 1. The monoisotopic (exact) mass is 489 g/mol. The molecule has 0 spiro atoms. The molecule has 0 heterocycles. The van der Waals surface area contributed by atoms with Crippen LogP contribution in [0.2, 0.25) is 0 Å². The molecule has 0 bridgehead atoms. The van der Waals surface area contributed by atoms with Gasteiger partial charge in [0.2, 0.25) is 17.7 Å². The van der Waals surface area contributed by atoms with Crippen molar-refractivity contribution < 1.29 is 24.3 Å². The molecule has 0 aromatic heterocycles. The molecule has 13 heteroatoms. The molecule has 10 N–H and O–H groups in total. The van der Waals surface area contributed by atoms with Gasteiger partial charge < -0.3 is 38.3 Å². The third-order valence-electron chi connectivity index (χ3n) is 4.56. The predicted molar refractivity (Wildman–Crippen MR) is 129 cm³/mol. The smallest absolute Gasteiger partial charge is 0.326 e. The largest absolute Gasteiger partial charge is 0.480 e. The van der Waals surface area contributed by atoms with Crippen molar-refractivity contribution in [1.82, 2.24) is 16.0 Å². The Morgan fingerprint density at radius 1 is 0.909 bits per heavy atom. The van der Waals surface area contributed by atoms with Crippen LogP contribution in [0.15, 0.2) is 4.99 Å². The fourth-order valence-corrected chi connectivity index (χ4v) is 3.29. The summed E-state index contributed by atoms with van der Waals surface area (Å²) in [7, 11) is 0. The lowest BCUT2D eigenvalue weighted by Crippen LogP contribution is -2.57. The van der Waals surface area contributed by atoms with E-state index < -0.39 is 47.9 Å². The second kappa shape index (κ2) is 16.1. The Morgan fingerprint density at radius 3 is 1.94 bits per heavy atom. The van der Waals surface area contributed by atoms with Crippen LogP contribution in [0.4, 0.5) is 0 Å². The number of nitrogens with one attached hydrogen (secondary N) is 3. The van der Waals surface area contributed by atoms with Gasteiger partial charge in [0, 0.05) is 6.54 Å². The van der Waals surface area contributed by atoms with E-state index in [9.17, 15) is 24.3 Å². The second-order valence-electron chi connectivity index (χ2n) is 8.17. The van der Waals surface area contributed by atoms with Crippen molar-refractivity contribution >= 4 is 41.4 Å². The first-order valence-corrected chi connectivity index (χ1v) is 12.2. The highest BCUT2D eigenvalue weighted by molar-refractivity contribution is 7.98. The molecule has 12 nitrogen and oxygen atoms in total. The maximum absolute atomic E-state index is 12.9. The van der Waals surface area contributed by atoms with E-state index in [1.54, 1.807) is 0 Å². The molecule has 4 unspecified atom stereocenters. The van der Waals surface area contributed by atoms with Crippen LogP contribution in [0.5, 0.6) is 0 Å². The highest BCUT2D eigenvalue weighted by Gasteiger charge is 2.30. The van der Waals surface area contributed by atoms with E-state index in [0.717, 1.165) is 0 Å². The highest BCUT2D eigenvalue weighted by atomic mass is 32.2. The molecule has 190 valence electrons. The number of amides is 3. The lowest BCUT2D eigenvalue weighted by atomic mass is 10.0. The van der Waals surface area contributed by atoms with Crippen LogP contribution in [0.3, 0.4) is 0 Å². The molecule has 33 heavy (non-hydrogen) atoms. The summed E-state index contributed by atoms with van der Waals surface area (Å²) in [5, 5.41) is 17.2. The Labute approximate surface area is 199 Å². The van der Waals surface area contributed by atoms with Crippen LogP contribution in [0.1, 0.15) is 46.5 Å². The third kappa shape index (κ3) is 13.6. The van der Waals surface area contributed by atoms with Gasteiger partial charge in [-0.05, 0) is 50.5 Å². The molecule has 0 aliphatic heterocycles. The van der Waals surface area contributed by atoms with Gasteiger partial charge >= 0.3 is 5.97 Å². The SMILES string of the molecule is CSCCC(NC(=O)C(C)N)C(=O)NC(CC(C)C)C(=O)NC(CCCN=C(N)N)C(=O)O. The van der Waals surface area contributed by atoms with Crippen LogP contribution in [0.25, 0.3) is 0 Å². The molecule has 0 aromatic rings. The lowest BCUT2D eigenvalue weighted by molar-refractivity contribution is -0.142. The lowest BCUT2D eigenvalue weighted by Gasteiger charge is -2.25. The van der Waals surface area contributed by atoms with E-state index in [-0.39, 0.29) is 31.3 Å². The zero-order chi connectivity index (χ0) is 25.6. The minimum atomic E-state index is -1.20. The summed E-state index contributed by atoms with van der Waals surface area (Å²) < 4.78 is 0. The van der Waals surface area contributed by atoms with Crippen LogP contribution in [-0.4, -0.2) is 77.5 Å². The number of carboxylic acid groups (broad SMARTS) is 1. The minimum absolute atomic E-state index is 0.0366. The normalized spacial score (nSPS) is 14.5. The third-order valence-corrected chi connectivity index (χ3v) is 5.20. The molecule has 0 radical (unpaired) electrons. The number of nitrogens with two attached hydrogens (primary N) is 3. The maximum Gasteiger partial charge on any atom is 0.326 e. The fraction of sp³-hybridized carbons (Fsp3) is 0.750. The van der Waals surface area contributed by atoms with Crippen LogP contribution in [0, 0.1) is 5.92 Å². The molecule has 0 saturated carbocycles. The number of nitrogens with zero attached hydrogens (tertiary/aromatic N) is 1. The van der Waals surface area contributed by atoms with Crippen molar-refractivity contribution in [3.05, 3.63) is 0 Å². The Morgan fingerprint density at radius 2 is 1.45 bits per heavy atom. The van der Waals surface area contributed by atoms with E-state index in [1.807, 2.05) is 20.1 Å².